The molecule has 0 saturated heterocycles. The summed E-state index contributed by atoms with van der Waals surface area (Å²) < 4.78 is 45.9. The molecule has 0 unspecified atom stereocenters. The molecule has 0 atom stereocenters. The van der Waals surface area contributed by atoms with Gasteiger partial charge in [0.05, 0.1) is 34.5 Å². The molecule has 0 aliphatic rings. The van der Waals surface area contributed by atoms with Crippen molar-refractivity contribution < 1.29 is 37.0 Å². The zero-order chi connectivity index (χ0) is 26.7. The molecular weight excluding hydrogens is 516 g/mol. The summed E-state index contributed by atoms with van der Waals surface area (Å²) in [4.78, 5) is 19.9. The zero-order valence-electron chi connectivity index (χ0n) is 20.1. The molecule has 13 heteroatoms. The first kappa shape index (κ1) is 25.2. The molecule has 2 aromatic carbocycles. The van der Waals surface area contributed by atoms with E-state index >= 15 is 0 Å². The highest BCUT2D eigenvalue weighted by atomic mass is 32.2. The van der Waals surface area contributed by atoms with Crippen LogP contribution in [0.25, 0.3) is 21.8 Å². The van der Waals surface area contributed by atoms with Crippen molar-refractivity contribution >= 4 is 37.6 Å². The number of aryl methyl sites for hydroxylation is 1. The van der Waals surface area contributed by atoms with E-state index in [2.05, 4.69) is 19.8 Å². The summed E-state index contributed by atoms with van der Waals surface area (Å²) in [5.41, 5.74) is 2.68. The Kier molecular flexibility index (Phi) is 6.94. The summed E-state index contributed by atoms with van der Waals surface area (Å²) in [6.45, 7) is 1.71. The number of para-hydroxylation sites is 1. The van der Waals surface area contributed by atoms with Gasteiger partial charge >= 0.3 is 16.9 Å². The van der Waals surface area contributed by atoms with Crippen molar-refractivity contribution in [3.8, 4) is 5.88 Å². The standard InChI is InChI=1S/C25H22N4O8S/c1-16-22-19(18-9-5-6-10-20(18)27-22)15-21(26-16)25(30)36-14-12-34-11-13-35-23-24(29(31)37-28-23)38(32,33)17-7-3-2-4-8-17/h2-10,15,27H,11-14H2,1H3. The SMILES string of the molecule is Cc1nc(C(=O)OCCOCCOc2no[n+]([O-])c2S(=O)(=O)c2ccccc2)cc2c1[nH]c1ccccc12. The Bertz CT molecular complexity index is 1710. The maximum Gasteiger partial charge on any atom is 0.415 e. The summed E-state index contributed by atoms with van der Waals surface area (Å²) in [6.07, 6.45) is 0. The summed E-state index contributed by atoms with van der Waals surface area (Å²) in [7, 11) is -4.21. The van der Waals surface area contributed by atoms with Crippen LogP contribution in [0.4, 0.5) is 0 Å². The van der Waals surface area contributed by atoms with Crippen LogP contribution in [-0.2, 0) is 19.3 Å². The molecule has 0 bridgehead atoms. The summed E-state index contributed by atoms with van der Waals surface area (Å²) >= 11 is 0. The first-order valence-electron chi connectivity index (χ1n) is 11.5. The van der Waals surface area contributed by atoms with Crippen LogP contribution in [0.1, 0.15) is 16.2 Å². The third-order valence-electron chi connectivity index (χ3n) is 5.67. The first-order chi connectivity index (χ1) is 18.4. The van der Waals surface area contributed by atoms with Crippen LogP contribution in [0.15, 0.2) is 75.2 Å². The minimum Gasteiger partial charge on any atom is -0.459 e. The fourth-order valence-electron chi connectivity index (χ4n) is 3.92. The van der Waals surface area contributed by atoms with E-state index < -0.39 is 26.7 Å². The predicted octanol–water partition coefficient (Wildman–Crippen LogP) is 2.73. The Morgan fingerprint density at radius 2 is 1.76 bits per heavy atom. The number of carbonyl (C=O) groups is 1. The number of aromatic amines is 1. The van der Waals surface area contributed by atoms with Crippen LogP contribution in [0.3, 0.4) is 0 Å². The Morgan fingerprint density at radius 1 is 1.03 bits per heavy atom. The topological polar surface area (TPSA) is 161 Å². The van der Waals surface area contributed by atoms with E-state index in [4.69, 9.17) is 14.2 Å². The number of esters is 1. The summed E-state index contributed by atoms with van der Waals surface area (Å²) in [6, 6.07) is 16.8. The number of sulfone groups is 1. The minimum absolute atomic E-state index is 0.00670. The van der Waals surface area contributed by atoms with E-state index in [0.717, 1.165) is 21.8 Å². The molecule has 3 heterocycles. The predicted molar refractivity (Wildman–Crippen MR) is 132 cm³/mol. The Hall–Kier alpha value is -4.49. The Morgan fingerprint density at radius 3 is 2.58 bits per heavy atom. The van der Waals surface area contributed by atoms with E-state index in [1.54, 1.807) is 12.1 Å². The molecule has 12 nitrogen and oxygen atoms in total. The molecule has 5 aromatic rings. The number of ether oxygens (including phenoxy) is 3. The largest absolute Gasteiger partial charge is 0.459 e. The van der Waals surface area contributed by atoms with Crippen molar-refractivity contribution in [2.45, 2.75) is 16.8 Å². The van der Waals surface area contributed by atoms with Crippen LogP contribution in [-0.4, -0.2) is 55.9 Å². The second-order valence-electron chi connectivity index (χ2n) is 8.14. The van der Waals surface area contributed by atoms with Gasteiger partial charge in [-0.1, -0.05) is 36.4 Å². The lowest BCUT2D eigenvalue weighted by Crippen LogP contribution is -2.31. The molecule has 3 aromatic heterocycles. The van der Waals surface area contributed by atoms with Crippen LogP contribution in [0.5, 0.6) is 5.88 Å². The molecule has 0 aliphatic carbocycles. The van der Waals surface area contributed by atoms with Gasteiger partial charge in [0.15, 0.2) is 0 Å². The van der Waals surface area contributed by atoms with E-state index in [-0.39, 0.29) is 41.9 Å². The molecule has 1 N–H and O–H groups in total. The van der Waals surface area contributed by atoms with Crippen LogP contribution in [0, 0.1) is 12.1 Å². The van der Waals surface area contributed by atoms with Gasteiger partial charge in [-0.2, -0.15) is 0 Å². The Labute approximate surface area is 216 Å². The third kappa shape index (κ3) is 4.88. The number of pyridine rings is 1. The van der Waals surface area contributed by atoms with E-state index in [9.17, 15) is 18.4 Å². The molecule has 0 aliphatic heterocycles. The number of nitrogens with one attached hydrogen (secondary N) is 1. The average molecular weight is 539 g/mol. The number of hydrogen-bond acceptors (Lipinski definition) is 10. The number of rotatable bonds is 10. The molecule has 5 rings (SSSR count). The molecular formula is C25H22N4O8S. The average Bonchev–Trinajstić information content (AvgIpc) is 3.49. The highest BCUT2D eigenvalue weighted by Crippen LogP contribution is 2.27. The number of benzene rings is 2. The number of fused-ring (bicyclic) bond motifs is 3. The highest BCUT2D eigenvalue weighted by Gasteiger charge is 2.35. The lowest BCUT2D eigenvalue weighted by Gasteiger charge is -2.07. The van der Waals surface area contributed by atoms with Gasteiger partial charge in [-0.05, 0) is 36.1 Å². The van der Waals surface area contributed by atoms with Gasteiger partial charge < -0.3 is 24.4 Å². The van der Waals surface area contributed by atoms with Crippen molar-refractivity contribution in [3.63, 3.8) is 0 Å². The van der Waals surface area contributed by atoms with Crippen LogP contribution >= 0.6 is 0 Å². The number of H-pyrrole nitrogens is 1. The number of aromatic nitrogens is 4. The lowest BCUT2D eigenvalue weighted by molar-refractivity contribution is -0.832. The molecule has 0 saturated carbocycles. The summed E-state index contributed by atoms with van der Waals surface area (Å²) in [5, 5.41) is 16.4. The number of nitrogens with zero attached hydrogens (tertiary/aromatic N) is 3. The maximum atomic E-state index is 12.7. The Balaban J connectivity index is 1.12. The van der Waals surface area contributed by atoms with Crippen molar-refractivity contribution in [1.82, 2.24) is 15.1 Å². The van der Waals surface area contributed by atoms with Crippen LogP contribution < -0.4 is 9.64 Å². The monoisotopic (exact) mass is 538 g/mol. The molecule has 38 heavy (non-hydrogen) atoms. The van der Waals surface area contributed by atoms with Crippen molar-refractivity contribution in [1.29, 1.82) is 0 Å². The smallest absolute Gasteiger partial charge is 0.415 e. The lowest BCUT2D eigenvalue weighted by atomic mass is 10.1. The fourth-order valence-corrected chi connectivity index (χ4v) is 5.21. The zero-order valence-corrected chi connectivity index (χ0v) is 20.9. The fraction of sp³-hybridized carbons (Fsp3) is 0.200. The van der Waals surface area contributed by atoms with Crippen molar-refractivity contribution in [3.05, 3.63) is 77.3 Å². The first-order valence-corrected chi connectivity index (χ1v) is 13.0. The van der Waals surface area contributed by atoms with E-state index in [0.29, 0.717) is 5.69 Å². The second kappa shape index (κ2) is 10.5. The van der Waals surface area contributed by atoms with Gasteiger partial charge in [0.1, 0.15) is 18.9 Å². The number of hydrogen-bond donors (Lipinski definition) is 1. The van der Waals surface area contributed by atoms with Crippen molar-refractivity contribution in [2.75, 3.05) is 26.4 Å². The highest BCUT2D eigenvalue weighted by molar-refractivity contribution is 7.91. The molecule has 0 fully saturated rings. The van der Waals surface area contributed by atoms with Gasteiger partial charge in [-0.25, -0.2) is 18.2 Å². The van der Waals surface area contributed by atoms with E-state index in [1.165, 1.54) is 24.3 Å². The minimum atomic E-state index is -4.21. The van der Waals surface area contributed by atoms with Gasteiger partial charge in [0.2, 0.25) is 0 Å². The maximum absolute atomic E-state index is 12.7. The summed E-state index contributed by atoms with van der Waals surface area (Å²) in [5.74, 6) is -1.06. The quantitative estimate of drug-likeness (QED) is 0.159. The van der Waals surface area contributed by atoms with Crippen LogP contribution in [0.2, 0.25) is 0 Å². The second-order valence-corrected chi connectivity index (χ2v) is 10.0. The van der Waals surface area contributed by atoms with E-state index in [1.807, 2.05) is 31.2 Å². The van der Waals surface area contributed by atoms with Gasteiger partial charge in [-0.3, -0.25) is 4.63 Å². The van der Waals surface area contributed by atoms with Crippen molar-refractivity contribution in [2.24, 2.45) is 0 Å². The normalized spacial score (nSPS) is 11.7. The van der Waals surface area contributed by atoms with Gasteiger partial charge in [0.25, 0.3) is 9.84 Å². The molecule has 0 radical (unpaired) electrons. The number of carbonyl (C=O) groups excluding carboxylic acids is 1. The van der Waals surface area contributed by atoms with Gasteiger partial charge in [-0.15, -0.1) is 0 Å². The molecule has 0 spiro atoms. The third-order valence-corrected chi connectivity index (χ3v) is 7.39. The molecule has 0 amide bonds. The van der Waals surface area contributed by atoms with Gasteiger partial charge in [0, 0.05) is 16.3 Å². The molecule has 196 valence electrons.